The number of amides is 1. The molecule has 0 spiro atoms. The second-order valence-electron chi connectivity index (χ2n) is 7.73. The minimum absolute atomic E-state index is 0.260. The smallest absolute Gasteiger partial charge is 0.259 e. The molecule has 7 heteroatoms. The van der Waals surface area contributed by atoms with Crippen LogP contribution in [0.4, 0.5) is 11.4 Å². The highest BCUT2D eigenvalue weighted by atomic mass is 35.5. The van der Waals surface area contributed by atoms with Crippen LogP contribution in [0.25, 0.3) is 5.69 Å². The van der Waals surface area contributed by atoms with E-state index in [4.69, 9.17) is 11.6 Å². The van der Waals surface area contributed by atoms with Crippen molar-refractivity contribution in [1.29, 1.82) is 5.26 Å². The van der Waals surface area contributed by atoms with Crippen LogP contribution in [0.5, 0.6) is 0 Å². The zero-order chi connectivity index (χ0) is 21.8. The molecule has 2 aromatic carbocycles. The van der Waals surface area contributed by atoms with Crippen molar-refractivity contribution in [2.45, 2.75) is 32.6 Å². The Morgan fingerprint density at radius 2 is 1.81 bits per heavy atom. The number of nitriles is 1. The van der Waals surface area contributed by atoms with Gasteiger partial charge in [-0.15, -0.1) is 0 Å². The Labute approximate surface area is 187 Å². The van der Waals surface area contributed by atoms with Gasteiger partial charge in [-0.2, -0.15) is 10.4 Å². The number of nitrogens with zero attached hydrogens (tertiary/aromatic N) is 4. The molecule has 1 aliphatic rings. The van der Waals surface area contributed by atoms with Crippen LogP contribution in [0, 0.1) is 18.3 Å². The molecule has 1 fully saturated rings. The molecule has 0 atom stereocenters. The van der Waals surface area contributed by atoms with Gasteiger partial charge in [0.2, 0.25) is 0 Å². The summed E-state index contributed by atoms with van der Waals surface area (Å²) in [7, 11) is 0. The first-order valence-corrected chi connectivity index (χ1v) is 10.9. The van der Waals surface area contributed by atoms with Crippen molar-refractivity contribution in [3.05, 3.63) is 70.5 Å². The number of rotatable bonds is 4. The van der Waals surface area contributed by atoms with Gasteiger partial charge in [0.25, 0.3) is 5.91 Å². The van der Waals surface area contributed by atoms with Crippen molar-refractivity contribution in [2.24, 2.45) is 0 Å². The summed E-state index contributed by atoms with van der Waals surface area (Å²) in [6.45, 7) is 3.77. The molecule has 4 rings (SSSR count). The molecule has 1 saturated heterocycles. The number of hydrogen-bond acceptors (Lipinski definition) is 4. The average molecular weight is 434 g/mol. The normalized spacial score (nSPS) is 14.0. The quantitative estimate of drug-likeness (QED) is 0.602. The Morgan fingerprint density at radius 3 is 2.48 bits per heavy atom. The molecule has 1 amide bonds. The fraction of sp³-hybridized carbons (Fsp3) is 0.292. The summed E-state index contributed by atoms with van der Waals surface area (Å²) in [5.41, 5.74) is 4.14. The lowest BCUT2D eigenvalue weighted by atomic mass is 10.1. The minimum atomic E-state index is -0.260. The van der Waals surface area contributed by atoms with E-state index in [1.807, 2.05) is 31.2 Å². The summed E-state index contributed by atoms with van der Waals surface area (Å²) in [4.78, 5) is 15.2. The van der Waals surface area contributed by atoms with E-state index >= 15 is 0 Å². The summed E-state index contributed by atoms with van der Waals surface area (Å²) >= 11 is 5.96. The summed E-state index contributed by atoms with van der Waals surface area (Å²) in [5, 5.41) is 17.6. The van der Waals surface area contributed by atoms with Crippen LogP contribution in [0.2, 0.25) is 5.02 Å². The van der Waals surface area contributed by atoms with Crippen molar-refractivity contribution in [1.82, 2.24) is 9.78 Å². The van der Waals surface area contributed by atoms with Crippen molar-refractivity contribution in [2.75, 3.05) is 23.3 Å². The Morgan fingerprint density at radius 1 is 1.10 bits per heavy atom. The first-order chi connectivity index (χ1) is 15.1. The molecular weight excluding hydrogens is 410 g/mol. The van der Waals surface area contributed by atoms with Gasteiger partial charge in [-0.25, -0.2) is 4.68 Å². The lowest BCUT2D eigenvalue weighted by molar-refractivity contribution is 0.102. The van der Waals surface area contributed by atoms with Crippen LogP contribution < -0.4 is 10.2 Å². The van der Waals surface area contributed by atoms with E-state index in [1.165, 1.54) is 12.8 Å². The largest absolute Gasteiger partial charge is 0.370 e. The maximum absolute atomic E-state index is 12.9. The maximum Gasteiger partial charge on any atom is 0.259 e. The lowest BCUT2D eigenvalue weighted by Gasteiger charge is -2.24. The van der Waals surface area contributed by atoms with E-state index in [1.54, 1.807) is 29.1 Å². The highest BCUT2D eigenvalue weighted by Gasteiger charge is 2.18. The van der Waals surface area contributed by atoms with Crippen LogP contribution >= 0.6 is 11.6 Å². The van der Waals surface area contributed by atoms with Crippen LogP contribution in [-0.4, -0.2) is 28.8 Å². The first-order valence-electron chi connectivity index (χ1n) is 10.5. The predicted octanol–water partition coefficient (Wildman–Crippen LogP) is 5.34. The number of anilines is 2. The minimum Gasteiger partial charge on any atom is -0.370 e. The van der Waals surface area contributed by atoms with E-state index in [2.05, 4.69) is 21.4 Å². The summed E-state index contributed by atoms with van der Waals surface area (Å²) < 4.78 is 1.70. The van der Waals surface area contributed by atoms with E-state index < -0.39 is 0 Å². The second kappa shape index (κ2) is 9.23. The van der Waals surface area contributed by atoms with E-state index in [0.717, 1.165) is 43.0 Å². The Hall–Kier alpha value is -3.30. The number of carbonyl (C=O) groups excluding carboxylic acids is 1. The Bertz CT molecular complexity index is 1120. The van der Waals surface area contributed by atoms with Crippen molar-refractivity contribution in [3.63, 3.8) is 0 Å². The number of benzene rings is 2. The van der Waals surface area contributed by atoms with Crippen LogP contribution in [0.1, 0.15) is 47.3 Å². The number of carbonyl (C=O) groups is 1. The Balaban J connectivity index is 1.53. The maximum atomic E-state index is 12.9. The van der Waals surface area contributed by atoms with Crippen LogP contribution in [0.15, 0.2) is 48.7 Å². The number of nitrogens with one attached hydrogen (secondary N) is 1. The molecule has 6 nitrogen and oxygen atoms in total. The monoisotopic (exact) mass is 433 g/mol. The number of hydrogen-bond donors (Lipinski definition) is 1. The molecule has 158 valence electrons. The van der Waals surface area contributed by atoms with Crippen molar-refractivity contribution in [3.8, 4) is 11.8 Å². The van der Waals surface area contributed by atoms with Gasteiger partial charge in [0.05, 0.1) is 34.4 Å². The fourth-order valence-corrected chi connectivity index (χ4v) is 4.09. The number of aromatic nitrogens is 2. The third kappa shape index (κ3) is 4.57. The molecule has 1 aromatic heterocycles. The molecule has 0 unspecified atom stereocenters. The second-order valence-corrected chi connectivity index (χ2v) is 8.17. The van der Waals surface area contributed by atoms with Gasteiger partial charge in [0.15, 0.2) is 0 Å². The van der Waals surface area contributed by atoms with Gasteiger partial charge in [0, 0.05) is 23.8 Å². The SMILES string of the molecule is Cc1c(C(=O)Nc2ccc(N3CCCCCC3)c(C#N)c2)cnn1-c1ccc(Cl)cc1. The molecular formula is C24H24ClN5O. The molecule has 3 aromatic rings. The molecule has 31 heavy (non-hydrogen) atoms. The topological polar surface area (TPSA) is 74.0 Å². The third-order valence-electron chi connectivity index (χ3n) is 5.65. The molecule has 0 aliphatic carbocycles. The van der Waals surface area contributed by atoms with Crippen LogP contribution in [-0.2, 0) is 0 Å². The average Bonchev–Trinajstić information content (AvgIpc) is 2.98. The van der Waals surface area contributed by atoms with E-state index in [0.29, 0.717) is 21.8 Å². The van der Waals surface area contributed by atoms with Gasteiger partial charge >= 0.3 is 0 Å². The highest BCUT2D eigenvalue weighted by Crippen LogP contribution is 2.27. The van der Waals surface area contributed by atoms with E-state index in [-0.39, 0.29) is 5.91 Å². The van der Waals surface area contributed by atoms with Crippen LogP contribution in [0.3, 0.4) is 0 Å². The fourth-order valence-electron chi connectivity index (χ4n) is 3.96. The molecule has 1 N–H and O–H groups in total. The van der Waals surface area contributed by atoms with Crippen molar-refractivity contribution < 1.29 is 4.79 Å². The summed E-state index contributed by atoms with van der Waals surface area (Å²) in [5.74, 6) is -0.260. The summed E-state index contributed by atoms with van der Waals surface area (Å²) in [6, 6.07) is 15.1. The van der Waals surface area contributed by atoms with Crippen molar-refractivity contribution >= 4 is 28.9 Å². The Kier molecular flexibility index (Phi) is 6.24. The zero-order valence-electron chi connectivity index (χ0n) is 17.4. The third-order valence-corrected chi connectivity index (χ3v) is 5.90. The predicted molar refractivity (Wildman–Crippen MR) is 123 cm³/mol. The highest BCUT2D eigenvalue weighted by molar-refractivity contribution is 6.30. The molecule has 0 bridgehead atoms. The van der Waals surface area contributed by atoms with E-state index in [9.17, 15) is 10.1 Å². The molecule has 2 heterocycles. The molecule has 1 aliphatic heterocycles. The van der Waals surface area contributed by atoms with Gasteiger partial charge < -0.3 is 10.2 Å². The van der Waals surface area contributed by atoms with Gasteiger partial charge in [-0.05, 0) is 62.2 Å². The van der Waals surface area contributed by atoms with Gasteiger partial charge in [-0.1, -0.05) is 24.4 Å². The van der Waals surface area contributed by atoms with Gasteiger partial charge in [-0.3, -0.25) is 4.79 Å². The number of halogens is 1. The molecule has 0 saturated carbocycles. The molecule has 0 radical (unpaired) electrons. The van der Waals surface area contributed by atoms with Gasteiger partial charge in [0.1, 0.15) is 6.07 Å². The first kappa shape index (κ1) is 21.0. The zero-order valence-corrected chi connectivity index (χ0v) is 18.2. The summed E-state index contributed by atoms with van der Waals surface area (Å²) in [6.07, 6.45) is 6.29. The lowest BCUT2D eigenvalue weighted by Crippen LogP contribution is -2.24. The standard InChI is InChI=1S/C24H24ClN5O/c1-17-22(16-27-30(17)21-9-6-19(25)7-10-21)24(31)28-20-8-11-23(18(14-20)15-26)29-12-4-2-3-5-13-29/h6-11,14,16H,2-5,12-13H2,1H3,(H,28,31).